The second-order valence-electron chi connectivity index (χ2n) is 7.46. The molecule has 3 aromatic rings. The highest BCUT2D eigenvalue weighted by molar-refractivity contribution is 8.15. The molecule has 2 aliphatic heterocycles. The largest absolute Gasteiger partial charge is 0.449 e. The van der Waals surface area contributed by atoms with Crippen molar-refractivity contribution in [2.45, 2.75) is 24.8 Å². The van der Waals surface area contributed by atoms with Crippen LogP contribution in [-0.4, -0.2) is 42.0 Å². The summed E-state index contributed by atoms with van der Waals surface area (Å²) in [6.07, 6.45) is -0.740. The molecule has 3 heterocycles. The molecule has 0 saturated carbocycles. The topological polar surface area (TPSA) is 115 Å². The zero-order chi connectivity index (χ0) is 22.5. The zero-order valence-electron chi connectivity index (χ0n) is 17.2. The number of anilines is 1. The summed E-state index contributed by atoms with van der Waals surface area (Å²) in [5.74, 6) is -0.0344. The van der Waals surface area contributed by atoms with Gasteiger partial charge in [0.25, 0.3) is 15.9 Å². The molecular formula is C21H18N4O5S2. The van der Waals surface area contributed by atoms with Crippen LogP contribution in [0.15, 0.2) is 56.2 Å². The van der Waals surface area contributed by atoms with Gasteiger partial charge in [-0.1, -0.05) is 17.7 Å². The number of amidine groups is 1. The van der Waals surface area contributed by atoms with Crippen LogP contribution in [0.3, 0.4) is 0 Å². The molecule has 0 spiro atoms. The Morgan fingerprint density at radius 2 is 1.97 bits per heavy atom. The maximum absolute atomic E-state index is 12.7. The fraction of sp³-hybridized carbons (Fsp3) is 0.238. The van der Waals surface area contributed by atoms with Gasteiger partial charge in [0.05, 0.1) is 17.0 Å². The number of fused-ring (bicyclic) bond motifs is 3. The van der Waals surface area contributed by atoms with Crippen LogP contribution in [0.1, 0.15) is 34.8 Å². The van der Waals surface area contributed by atoms with Crippen LogP contribution in [0.4, 0.5) is 5.69 Å². The first kappa shape index (κ1) is 20.7. The number of carbonyl (C=O) groups excluding carboxylic acids is 1. The van der Waals surface area contributed by atoms with Crippen molar-refractivity contribution in [1.82, 2.24) is 10.2 Å². The normalized spacial score (nSPS) is 17.3. The molecule has 9 nitrogen and oxygen atoms in total. The van der Waals surface area contributed by atoms with Crippen LogP contribution in [0.2, 0.25) is 0 Å². The van der Waals surface area contributed by atoms with Crippen LogP contribution in [-0.2, 0) is 14.8 Å². The molecule has 0 aliphatic carbocycles. The van der Waals surface area contributed by atoms with E-state index in [1.165, 1.54) is 11.8 Å². The summed E-state index contributed by atoms with van der Waals surface area (Å²) in [7, 11) is -3.44. The predicted molar refractivity (Wildman–Crippen MR) is 119 cm³/mol. The van der Waals surface area contributed by atoms with Gasteiger partial charge >= 0.3 is 5.97 Å². The number of ether oxygens (including phenoxy) is 1. The zero-order valence-corrected chi connectivity index (χ0v) is 18.8. The van der Waals surface area contributed by atoms with Gasteiger partial charge in [-0.15, -0.1) is 14.6 Å². The van der Waals surface area contributed by atoms with Crippen molar-refractivity contribution >= 4 is 38.6 Å². The van der Waals surface area contributed by atoms with Gasteiger partial charge in [-0.25, -0.2) is 13.2 Å². The Balaban J connectivity index is 1.31. The quantitative estimate of drug-likeness (QED) is 0.528. The molecule has 164 valence electrons. The molecule has 1 aromatic heterocycles. The molecule has 0 bridgehead atoms. The van der Waals surface area contributed by atoms with Gasteiger partial charge < -0.3 is 14.1 Å². The summed E-state index contributed by atoms with van der Waals surface area (Å²) in [5.41, 5.74) is 3.07. The average molecular weight is 471 g/mol. The SMILES string of the molecule is Cc1ccc(-c2nnc(C(C)OC(=O)c3ccc4c(c3)SC3=NS(=O)(=O)CCN34)o2)cc1. The number of thioether (sulfide) groups is 1. The van der Waals surface area contributed by atoms with Gasteiger partial charge in [0.1, 0.15) is 0 Å². The van der Waals surface area contributed by atoms with E-state index in [0.717, 1.165) is 21.7 Å². The van der Waals surface area contributed by atoms with Crippen LogP contribution >= 0.6 is 11.8 Å². The van der Waals surface area contributed by atoms with Gasteiger partial charge in [0.2, 0.25) is 5.89 Å². The van der Waals surface area contributed by atoms with Gasteiger partial charge in [0, 0.05) is 17.0 Å². The van der Waals surface area contributed by atoms with Crippen LogP contribution < -0.4 is 4.90 Å². The lowest BCUT2D eigenvalue weighted by Crippen LogP contribution is -2.35. The molecule has 2 aromatic carbocycles. The van der Waals surface area contributed by atoms with Gasteiger partial charge in [0.15, 0.2) is 11.3 Å². The van der Waals surface area contributed by atoms with Gasteiger partial charge in [-0.3, -0.25) is 0 Å². The number of esters is 1. The molecule has 32 heavy (non-hydrogen) atoms. The Bertz CT molecular complexity index is 1350. The van der Waals surface area contributed by atoms with E-state index >= 15 is 0 Å². The van der Waals surface area contributed by atoms with Crippen LogP contribution in [0, 0.1) is 6.92 Å². The molecule has 5 rings (SSSR count). The summed E-state index contributed by atoms with van der Waals surface area (Å²) in [6.45, 7) is 3.98. The third kappa shape index (κ3) is 3.89. The number of carbonyl (C=O) groups is 1. The second kappa shape index (κ2) is 7.75. The molecule has 0 fully saturated rings. The maximum atomic E-state index is 12.7. The van der Waals surface area contributed by atoms with Crippen molar-refractivity contribution in [3.05, 3.63) is 59.5 Å². The minimum absolute atomic E-state index is 0.0352. The Morgan fingerprint density at radius 1 is 1.19 bits per heavy atom. The first-order valence-corrected chi connectivity index (χ1v) is 12.3. The van der Waals surface area contributed by atoms with E-state index in [0.29, 0.717) is 23.2 Å². The van der Waals surface area contributed by atoms with Crippen molar-refractivity contribution < 1.29 is 22.4 Å². The monoisotopic (exact) mass is 470 g/mol. The summed E-state index contributed by atoms with van der Waals surface area (Å²) in [6, 6.07) is 12.8. The molecule has 0 N–H and O–H groups in total. The van der Waals surface area contributed by atoms with Gasteiger partial charge in [-0.05, 0) is 55.9 Å². The number of rotatable bonds is 4. The summed E-state index contributed by atoms with van der Waals surface area (Å²) < 4.78 is 38.5. The number of benzene rings is 2. The first-order chi connectivity index (χ1) is 15.3. The standard InChI is InChI=1S/C21H18N4O5S2/c1-12-3-5-14(6-4-12)19-23-22-18(30-19)13(2)29-20(26)15-7-8-16-17(11-15)31-21-24-32(27,28)10-9-25(16)21/h3-8,11,13H,9-10H2,1-2H3. The summed E-state index contributed by atoms with van der Waals surface area (Å²) in [5, 5.41) is 8.45. The van der Waals surface area contributed by atoms with Crippen molar-refractivity contribution in [1.29, 1.82) is 0 Å². The lowest BCUT2D eigenvalue weighted by molar-refractivity contribution is 0.0279. The van der Waals surface area contributed by atoms with Crippen LogP contribution in [0.5, 0.6) is 0 Å². The summed E-state index contributed by atoms with van der Waals surface area (Å²) in [4.78, 5) is 15.3. The minimum atomic E-state index is -3.44. The Morgan fingerprint density at radius 3 is 2.75 bits per heavy atom. The Labute approximate surface area is 188 Å². The third-order valence-corrected chi connectivity index (χ3v) is 7.39. The third-order valence-electron chi connectivity index (χ3n) is 5.08. The molecule has 0 amide bonds. The molecule has 11 heteroatoms. The Kier molecular flexibility index (Phi) is 5.01. The highest BCUT2D eigenvalue weighted by Crippen LogP contribution is 2.42. The molecule has 1 unspecified atom stereocenters. The molecule has 0 saturated heterocycles. The smallest absolute Gasteiger partial charge is 0.338 e. The second-order valence-corrected chi connectivity index (χ2v) is 10.2. The first-order valence-electron chi connectivity index (χ1n) is 9.82. The van der Waals surface area contributed by atoms with E-state index in [1.54, 1.807) is 25.1 Å². The van der Waals surface area contributed by atoms with E-state index in [9.17, 15) is 13.2 Å². The maximum Gasteiger partial charge on any atom is 0.338 e. The Hall–Kier alpha value is -3.18. The van der Waals surface area contributed by atoms with E-state index in [-0.39, 0.29) is 11.6 Å². The highest BCUT2D eigenvalue weighted by Gasteiger charge is 2.33. The predicted octanol–water partition coefficient (Wildman–Crippen LogP) is 3.57. The fourth-order valence-corrected chi connectivity index (χ4v) is 5.64. The van der Waals surface area contributed by atoms with E-state index < -0.39 is 22.1 Å². The van der Waals surface area contributed by atoms with Crippen molar-refractivity contribution in [3.63, 3.8) is 0 Å². The van der Waals surface area contributed by atoms with E-state index in [2.05, 4.69) is 14.6 Å². The van der Waals surface area contributed by atoms with Gasteiger partial charge in [-0.2, -0.15) is 0 Å². The molecular weight excluding hydrogens is 452 g/mol. The minimum Gasteiger partial charge on any atom is -0.449 e. The number of hydrogen-bond donors (Lipinski definition) is 0. The lowest BCUT2D eigenvalue weighted by atomic mass is 10.1. The summed E-state index contributed by atoms with van der Waals surface area (Å²) >= 11 is 1.22. The van der Waals surface area contributed by atoms with Crippen LogP contribution in [0.25, 0.3) is 11.5 Å². The van der Waals surface area contributed by atoms with Crippen molar-refractivity contribution in [3.8, 4) is 11.5 Å². The van der Waals surface area contributed by atoms with Crippen molar-refractivity contribution in [2.75, 3.05) is 17.2 Å². The lowest BCUT2D eigenvalue weighted by Gasteiger charge is -2.22. The van der Waals surface area contributed by atoms with E-state index in [4.69, 9.17) is 9.15 Å². The molecule has 1 atom stereocenters. The number of nitrogens with zero attached hydrogens (tertiary/aromatic N) is 4. The molecule has 2 aliphatic rings. The van der Waals surface area contributed by atoms with E-state index in [1.807, 2.05) is 36.1 Å². The number of hydrogen-bond acceptors (Lipinski definition) is 9. The number of aromatic nitrogens is 2. The van der Waals surface area contributed by atoms with Crippen molar-refractivity contribution in [2.24, 2.45) is 4.40 Å². The number of aryl methyl sites for hydroxylation is 1. The molecule has 0 radical (unpaired) electrons. The fourth-order valence-electron chi connectivity index (χ4n) is 3.35. The number of sulfonamides is 1. The average Bonchev–Trinajstić information content (AvgIpc) is 3.37. The highest BCUT2D eigenvalue weighted by atomic mass is 32.2.